The first-order valence-corrected chi connectivity index (χ1v) is 7.34. The lowest BCUT2D eigenvalue weighted by molar-refractivity contribution is 0.0653. The highest BCUT2D eigenvalue weighted by Crippen LogP contribution is 2.33. The second-order valence-corrected chi connectivity index (χ2v) is 5.25. The normalized spacial score (nSPS) is 10.3. The number of benzene rings is 3. The largest absolute Gasteiger partial charge is 0.478 e. The second-order valence-electron chi connectivity index (χ2n) is 5.25. The molecule has 0 aliphatic rings. The maximum atomic E-state index is 11.8. The highest BCUT2D eigenvalue weighted by Gasteiger charge is 2.25. The van der Waals surface area contributed by atoms with E-state index in [1.165, 1.54) is 0 Å². The molecule has 0 radical (unpaired) electrons. The molecule has 3 rings (SSSR count). The van der Waals surface area contributed by atoms with Gasteiger partial charge in [0.15, 0.2) is 0 Å². The van der Waals surface area contributed by atoms with Crippen molar-refractivity contribution in [1.82, 2.24) is 0 Å². The SMILES string of the molecule is O=C(O)c1c(-c2ccccc2)ccc(-c2ccccc2)c1C(=O)O. The van der Waals surface area contributed by atoms with Crippen molar-refractivity contribution >= 4 is 11.9 Å². The summed E-state index contributed by atoms with van der Waals surface area (Å²) in [4.78, 5) is 23.7. The zero-order valence-corrected chi connectivity index (χ0v) is 12.6. The van der Waals surface area contributed by atoms with Crippen LogP contribution < -0.4 is 0 Å². The quantitative estimate of drug-likeness (QED) is 0.747. The molecule has 118 valence electrons. The van der Waals surface area contributed by atoms with Crippen molar-refractivity contribution in [3.63, 3.8) is 0 Å². The molecule has 2 N–H and O–H groups in total. The van der Waals surface area contributed by atoms with Gasteiger partial charge in [0.25, 0.3) is 0 Å². The summed E-state index contributed by atoms with van der Waals surface area (Å²) in [6.45, 7) is 0. The number of hydrogen-bond donors (Lipinski definition) is 2. The van der Waals surface area contributed by atoms with E-state index in [1.807, 2.05) is 12.1 Å². The van der Waals surface area contributed by atoms with Gasteiger partial charge in [-0.3, -0.25) is 0 Å². The molecule has 0 bridgehead atoms. The number of hydrogen-bond acceptors (Lipinski definition) is 2. The van der Waals surface area contributed by atoms with Crippen LogP contribution in [0, 0.1) is 0 Å². The average Bonchev–Trinajstić information content (AvgIpc) is 2.61. The molecule has 0 aromatic heterocycles. The topological polar surface area (TPSA) is 74.6 Å². The molecule has 0 spiro atoms. The van der Waals surface area contributed by atoms with E-state index in [-0.39, 0.29) is 11.1 Å². The van der Waals surface area contributed by atoms with Crippen molar-refractivity contribution in [1.29, 1.82) is 0 Å². The summed E-state index contributed by atoms with van der Waals surface area (Å²) in [6, 6.07) is 21.1. The van der Waals surface area contributed by atoms with E-state index in [9.17, 15) is 19.8 Å². The average molecular weight is 318 g/mol. The van der Waals surface area contributed by atoms with Gasteiger partial charge in [0.1, 0.15) is 0 Å². The number of carboxylic acids is 2. The van der Waals surface area contributed by atoms with Crippen molar-refractivity contribution in [3.05, 3.63) is 83.9 Å². The molecule has 3 aromatic carbocycles. The fraction of sp³-hybridized carbons (Fsp3) is 0. The molecule has 3 aromatic rings. The van der Waals surface area contributed by atoms with Crippen LogP contribution in [-0.4, -0.2) is 22.2 Å². The molecular weight excluding hydrogens is 304 g/mol. The third-order valence-electron chi connectivity index (χ3n) is 3.80. The summed E-state index contributed by atoms with van der Waals surface area (Å²) in [5.74, 6) is -2.52. The zero-order valence-electron chi connectivity index (χ0n) is 12.6. The van der Waals surface area contributed by atoms with E-state index < -0.39 is 11.9 Å². The van der Waals surface area contributed by atoms with Gasteiger partial charge in [-0.25, -0.2) is 9.59 Å². The standard InChI is InChI=1S/C20H14O4/c21-19(22)17-15(13-7-3-1-4-8-13)11-12-16(18(17)20(23)24)14-9-5-2-6-10-14/h1-12H,(H,21,22)(H,23,24). The van der Waals surface area contributed by atoms with Gasteiger partial charge in [0.2, 0.25) is 0 Å². The van der Waals surface area contributed by atoms with Crippen molar-refractivity contribution in [3.8, 4) is 22.3 Å². The van der Waals surface area contributed by atoms with E-state index in [1.54, 1.807) is 60.7 Å². The van der Waals surface area contributed by atoms with Crippen molar-refractivity contribution in [2.75, 3.05) is 0 Å². The molecule has 4 nitrogen and oxygen atoms in total. The Balaban J connectivity index is 2.35. The smallest absolute Gasteiger partial charge is 0.337 e. The molecule has 0 heterocycles. The van der Waals surface area contributed by atoms with Crippen molar-refractivity contribution in [2.45, 2.75) is 0 Å². The van der Waals surface area contributed by atoms with Crippen LogP contribution in [0.5, 0.6) is 0 Å². The van der Waals surface area contributed by atoms with Crippen LogP contribution in [0.1, 0.15) is 20.7 Å². The molecule has 4 heteroatoms. The van der Waals surface area contributed by atoms with Gasteiger partial charge in [-0.2, -0.15) is 0 Å². The van der Waals surface area contributed by atoms with E-state index in [0.717, 1.165) is 0 Å². The lowest BCUT2D eigenvalue weighted by atomic mass is 9.89. The van der Waals surface area contributed by atoms with Gasteiger partial charge in [0.05, 0.1) is 11.1 Å². The first kappa shape index (κ1) is 15.5. The third kappa shape index (κ3) is 2.77. The summed E-state index contributed by atoms with van der Waals surface area (Å²) in [6.07, 6.45) is 0. The Kier molecular flexibility index (Phi) is 4.12. The van der Waals surface area contributed by atoms with Crippen molar-refractivity contribution < 1.29 is 19.8 Å². The van der Waals surface area contributed by atoms with Crippen LogP contribution in [0.4, 0.5) is 0 Å². The van der Waals surface area contributed by atoms with E-state index in [0.29, 0.717) is 22.3 Å². The van der Waals surface area contributed by atoms with Crippen LogP contribution in [0.25, 0.3) is 22.3 Å². The summed E-state index contributed by atoms with van der Waals surface area (Å²) in [5, 5.41) is 19.3. The van der Waals surface area contributed by atoms with E-state index >= 15 is 0 Å². The van der Waals surface area contributed by atoms with Crippen molar-refractivity contribution in [2.24, 2.45) is 0 Å². The molecule has 0 fully saturated rings. The van der Waals surface area contributed by atoms with Gasteiger partial charge in [0, 0.05) is 0 Å². The summed E-state index contributed by atoms with van der Waals surface area (Å²) >= 11 is 0. The van der Waals surface area contributed by atoms with E-state index in [4.69, 9.17) is 0 Å². The van der Waals surface area contributed by atoms with Gasteiger partial charge < -0.3 is 10.2 Å². The monoisotopic (exact) mass is 318 g/mol. The van der Waals surface area contributed by atoms with Crippen LogP contribution in [0.3, 0.4) is 0 Å². The second kappa shape index (κ2) is 6.38. The zero-order chi connectivity index (χ0) is 17.1. The Morgan fingerprint density at radius 3 is 1.17 bits per heavy atom. The molecule has 24 heavy (non-hydrogen) atoms. The van der Waals surface area contributed by atoms with Gasteiger partial charge in [-0.1, -0.05) is 72.8 Å². The molecular formula is C20H14O4. The predicted octanol–water partition coefficient (Wildman–Crippen LogP) is 4.42. The van der Waals surface area contributed by atoms with Crippen LogP contribution >= 0.6 is 0 Å². The van der Waals surface area contributed by atoms with Crippen LogP contribution in [-0.2, 0) is 0 Å². The van der Waals surface area contributed by atoms with E-state index in [2.05, 4.69) is 0 Å². The fourth-order valence-electron chi connectivity index (χ4n) is 2.76. The molecule has 0 unspecified atom stereocenters. The predicted molar refractivity (Wildman–Crippen MR) is 91.2 cm³/mol. The molecule has 0 aliphatic heterocycles. The maximum absolute atomic E-state index is 11.8. The molecule has 0 amide bonds. The Bertz CT molecular complexity index is 823. The minimum Gasteiger partial charge on any atom is -0.478 e. The molecule has 0 saturated heterocycles. The minimum absolute atomic E-state index is 0.199. The Morgan fingerprint density at radius 1 is 0.542 bits per heavy atom. The fourth-order valence-corrected chi connectivity index (χ4v) is 2.76. The highest BCUT2D eigenvalue weighted by atomic mass is 16.4. The number of carboxylic acid groups (broad SMARTS) is 2. The van der Waals surface area contributed by atoms with Crippen LogP contribution in [0.2, 0.25) is 0 Å². The summed E-state index contributed by atoms with van der Waals surface area (Å²) in [7, 11) is 0. The Labute approximate surface area is 138 Å². The molecule has 0 aliphatic carbocycles. The third-order valence-corrected chi connectivity index (χ3v) is 3.80. The molecule has 0 saturated carbocycles. The maximum Gasteiger partial charge on any atom is 0.337 e. The first-order valence-electron chi connectivity index (χ1n) is 7.34. The number of aromatic carboxylic acids is 2. The van der Waals surface area contributed by atoms with Gasteiger partial charge in [-0.05, 0) is 22.3 Å². The summed E-state index contributed by atoms with van der Waals surface area (Å²) < 4.78 is 0. The number of rotatable bonds is 4. The Hall–Kier alpha value is -3.40. The summed E-state index contributed by atoms with van der Waals surface area (Å²) in [5.41, 5.74) is 1.71. The van der Waals surface area contributed by atoms with Gasteiger partial charge in [-0.15, -0.1) is 0 Å². The van der Waals surface area contributed by atoms with Gasteiger partial charge >= 0.3 is 11.9 Å². The molecule has 0 atom stereocenters. The lowest BCUT2D eigenvalue weighted by Gasteiger charge is -2.14. The Morgan fingerprint density at radius 2 is 0.875 bits per heavy atom. The van der Waals surface area contributed by atoms with Crippen LogP contribution in [0.15, 0.2) is 72.8 Å². The lowest BCUT2D eigenvalue weighted by Crippen LogP contribution is -2.12. The minimum atomic E-state index is -1.26. The first-order chi connectivity index (χ1) is 11.6. The number of carbonyl (C=O) groups is 2. The highest BCUT2D eigenvalue weighted by molar-refractivity contribution is 6.10.